The van der Waals surface area contributed by atoms with Crippen LogP contribution in [0.2, 0.25) is 0 Å². The van der Waals surface area contributed by atoms with Gasteiger partial charge in [-0.3, -0.25) is 0 Å². The molecular formula is C17H27NO. The molecule has 1 aromatic carbocycles. The van der Waals surface area contributed by atoms with Crippen molar-refractivity contribution in [2.45, 2.75) is 65.0 Å². The minimum absolute atomic E-state index is 0.202. The van der Waals surface area contributed by atoms with Crippen molar-refractivity contribution in [2.75, 3.05) is 6.54 Å². The maximum atomic E-state index is 6.08. The van der Waals surface area contributed by atoms with Gasteiger partial charge >= 0.3 is 0 Å². The van der Waals surface area contributed by atoms with E-state index in [1.54, 1.807) is 0 Å². The molecule has 0 fully saturated rings. The molecule has 2 unspecified atom stereocenters. The summed E-state index contributed by atoms with van der Waals surface area (Å²) in [4.78, 5) is 0. The molecule has 1 aliphatic carbocycles. The topological polar surface area (TPSA) is 21.3 Å². The highest BCUT2D eigenvalue weighted by molar-refractivity contribution is 5.37. The van der Waals surface area contributed by atoms with E-state index in [-0.39, 0.29) is 6.10 Å². The summed E-state index contributed by atoms with van der Waals surface area (Å²) >= 11 is 0. The van der Waals surface area contributed by atoms with Crippen LogP contribution in [0.4, 0.5) is 0 Å². The van der Waals surface area contributed by atoms with E-state index in [1.807, 2.05) is 0 Å². The van der Waals surface area contributed by atoms with Gasteiger partial charge in [0.1, 0.15) is 11.9 Å². The molecule has 1 aliphatic rings. The number of hydrogen-bond donors (Lipinski definition) is 1. The standard InChI is InChI=1S/C17H27NO/c1-4-11-18-13(2)14(3)19-17-10-9-15-7-5-6-8-16(15)12-17/h9-10,12-14,18H,4-8,11H2,1-3H3. The van der Waals surface area contributed by atoms with Gasteiger partial charge in [0.25, 0.3) is 0 Å². The fourth-order valence-corrected chi connectivity index (χ4v) is 2.64. The summed E-state index contributed by atoms with van der Waals surface area (Å²) in [5.41, 5.74) is 3.01. The number of benzene rings is 1. The van der Waals surface area contributed by atoms with Gasteiger partial charge in [-0.15, -0.1) is 0 Å². The molecule has 0 amide bonds. The van der Waals surface area contributed by atoms with Crippen LogP contribution in [0, 0.1) is 0 Å². The second kappa shape index (κ2) is 6.95. The van der Waals surface area contributed by atoms with Crippen LogP contribution in [0.5, 0.6) is 5.75 Å². The van der Waals surface area contributed by atoms with Crippen LogP contribution in [0.1, 0.15) is 51.2 Å². The highest BCUT2D eigenvalue weighted by Crippen LogP contribution is 2.26. The van der Waals surface area contributed by atoms with Gasteiger partial charge in [-0.2, -0.15) is 0 Å². The molecule has 0 heterocycles. The summed E-state index contributed by atoms with van der Waals surface area (Å²) in [5, 5.41) is 3.49. The number of fused-ring (bicyclic) bond motifs is 1. The molecule has 1 aromatic rings. The van der Waals surface area contributed by atoms with E-state index < -0.39 is 0 Å². The number of rotatable bonds is 6. The number of hydrogen-bond acceptors (Lipinski definition) is 2. The minimum Gasteiger partial charge on any atom is -0.489 e. The van der Waals surface area contributed by atoms with Crippen LogP contribution in [0.3, 0.4) is 0 Å². The van der Waals surface area contributed by atoms with Gasteiger partial charge < -0.3 is 10.1 Å². The quantitative estimate of drug-likeness (QED) is 0.842. The van der Waals surface area contributed by atoms with Crippen LogP contribution in [0.25, 0.3) is 0 Å². The van der Waals surface area contributed by atoms with Gasteiger partial charge in [0.2, 0.25) is 0 Å². The first-order chi connectivity index (χ1) is 9.20. The Kier molecular flexibility index (Phi) is 5.26. The fourth-order valence-electron chi connectivity index (χ4n) is 2.64. The van der Waals surface area contributed by atoms with Crippen molar-refractivity contribution in [3.63, 3.8) is 0 Å². The van der Waals surface area contributed by atoms with E-state index >= 15 is 0 Å². The van der Waals surface area contributed by atoms with E-state index in [4.69, 9.17) is 4.74 Å². The molecule has 2 rings (SSSR count). The van der Waals surface area contributed by atoms with E-state index in [2.05, 4.69) is 44.3 Å². The van der Waals surface area contributed by atoms with Crippen LogP contribution < -0.4 is 10.1 Å². The summed E-state index contributed by atoms with van der Waals surface area (Å²) in [5.74, 6) is 1.03. The average Bonchev–Trinajstić information content (AvgIpc) is 2.44. The molecule has 0 saturated carbocycles. The molecule has 1 N–H and O–H groups in total. The first-order valence-corrected chi connectivity index (χ1v) is 7.72. The van der Waals surface area contributed by atoms with Crippen LogP contribution in [0.15, 0.2) is 18.2 Å². The molecule has 2 heteroatoms. The maximum Gasteiger partial charge on any atom is 0.120 e. The number of nitrogens with one attached hydrogen (secondary N) is 1. The Hall–Kier alpha value is -1.02. The van der Waals surface area contributed by atoms with E-state index in [1.165, 1.54) is 36.8 Å². The number of aryl methyl sites for hydroxylation is 2. The predicted octanol–water partition coefficient (Wildman–Crippen LogP) is 3.72. The zero-order valence-electron chi connectivity index (χ0n) is 12.5. The van der Waals surface area contributed by atoms with Crippen molar-refractivity contribution >= 4 is 0 Å². The van der Waals surface area contributed by atoms with Crippen molar-refractivity contribution in [2.24, 2.45) is 0 Å². The van der Waals surface area contributed by atoms with Gasteiger partial charge in [-0.1, -0.05) is 13.0 Å². The second-order valence-electron chi connectivity index (χ2n) is 5.70. The zero-order chi connectivity index (χ0) is 13.7. The van der Waals surface area contributed by atoms with Crippen LogP contribution in [-0.4, -0.2) is 18.7 Å². The maximum absolute atomic E-state index is 6.08. The molecule has 2 nitrogen and oxygen atoms in total. The van der Waals surface area contributed by atoms with E-state index in [9.17, 15) is 0 Å². The second-order valence-corrected chi connectivity index (χ2v) is 5.70. The van der Waals surface area contributed by atoms with Gasteiger partial charge in [0.15, 0.2) is 0 Å². The smallest absolute Gasteiger partial charge is 0.120 e. The predicted molar refractivity (Wildman–Crippen MR) is 80.9 cm³/mol. The summed E-state index contributed by atoms with van der Waals surface area (Å²) in [6, 6.07) is 7.02. The molecule has 0 aliphatic heterocycles. The van der Waals surface area contributed by atoms with Gasteiger partial charge in [-0.05, 0) is 75.8 Å². The monoisotopic (exact) mass is 261 g/mol. The molecule has 0 spiro atoms. The van der Waals surface area contributed by atoms with Crippen LogP contribution >= 0.6 is 0 Å². The Balaban J connectivity index is 1.95. The Morgan fingerprint density at radius 3 is 2.63 bits per heavy atom. The van der Waals surface area contributed by atoms with Crippen molar-refractivity contribution < 1.29 is 4.74 Å². The lowest BCUT2D eigenvalue weighted by Crippen LogP contribution is -2.39. The molecule has 0 bridgehead atoms. The molecule has 0 saturated heterocycles. The van der Waals surface area contributed by atoms with E-state index in [0.717, 1.165) is 18.7 Å². The SMILES string of the molecule is CCCNC(C)C(C)Oc1ccc2c(c1)CCCC2. The minimum atomic E-state index is 0.202. The normalized spacial score (nSPS) is 17.6. The number of ether oxygens (including phenoxy) is 1. The van der Waals surface area contributed by atoms with Gasteiger partial charge in [-0.25, -0.2) is 0 Å². The van der Waals surface area contributed by atoms with Gasteiger partial charge in [0.05, 0.1) is 0 Å². The first-order valence-electron chi connectivity index (χ1n) is 7.72. The van der Waals surface area contributed by atoms with Crippen molar-refractivity contribution in [1.82, 2.24) is 5.32 Å². The zero-order valence-corrected chi connectivity index (χ0v) is 12.5. The lowest BCUT2D eigenvalue weighted by Gasteiger charge is -2.24. The third-order valence-electron chi connectivity index (χ3n) is 4.06. The van der Waals surface area contributed by atoms with E-state index in [0.29, 0.717) is 6.04 Å². The molecule has 19 heavy (non-hydrogen) atoms. The summed E-state index contributed by atoms with van der Waals surface area (Å²) in [6.07, 6.45) is 6.47. The first kappa shape index (κ1) is 14.4. The fraction of sp³-hybridized carbons (Fsp3) is 0.647. The lowest BCUT2D eigenvalue weighted by atomic mass is 9.92. The third-order valence-corrected chi connectivity index (χ3v) is 4.06. The van der Waals surface area contributed by atoms with Crippen LogP contribution in [-0.2, 0) is 12.8 Å². The highest BCUT2D eigenvalue weighted by Gasteiger charge is 2.15. The molecule has 0 radical (unpaired) electrons. The van der Waals surface area contributed by atoms with Crippen molar-refractivity contribution in [3.05, 3.63) is 29.3 Å². The molecule has 0 aromatic heterocycles. The molecule has 2 atom stereocenters. The lowest BCUT2D eigenvalue weighted by molar-refractivity contribution is 0.178. The summed E-state index contributed by atoms with van der Waals surface area (Å²) in [7, 11) is 0. The van der Waals surface area contributed by atoms with Crippen molar-refractivity contribution in [3.8, 4) is 5.75 Å². The molecule has 106 valence electrons. The Labute approximate surface area is 117 Å². The average molecular weight is 261 g/mol. The van der Waals surface area contributed by atoms with Gasteiger partial charge in [0, 0.05) is 6.04 Å². The Bertz CT molecular complexity index is 402. The van der Waals surface area contributed by atoms with Crippen molar-refractivity contribution in [1.29, 1.82) is 0 Å². The molecular weight excluding hydrogens is 234 g/mol. The third kappa shape index (κ3) is 3.97. The Morgan fingerprint density at radius 2 is 1.89 bits per heavy atom. The highest BCUT2D eigenvalue weighted by atomic mass is 16.5. The summed E-state index contributed by atoms with van der Waals surface area (Å²) < 4.78 is 6.08. The largest absolute Gasteiger partial charge is 0.489 e. The summed E-state index contributed by atoms with van der Waals surface area (Å²) in [6.45, 7) is 7.58. The Morgan fingerprint density at radius 1 is 1.16 bits per heavy atom.